The first-order chi connectivity index (χ1) is 17.0. The number of benzene rings is 1. The van der Waals surface area contributed by atoms with Crippen molar-refractivity contribution in [1.82, 2.24) is 10.2 Å². The van der Waals surface area contributed by atoms with Crippen LogP contribution in [0.2, 0.25) is 0 Å². The summed E-state index contributed by atoms with van der Waals surface area (Å²) in [6.45, 7) is 6.82. The topological polar surface area (TPSA) is 87.7 Å². The zero-order chi connectivity index (χ0) is 26.0. The standard InChI is InChI=1S/C27H37F2N3O4/c1-27(2,3)36-26(35)17-4-8-23(21(29)14-17)32-12-10-16(11-13-32)19-6-5-18(15-20(19)28)30-22-7-9-24(33)31-25(22)34/h5-6,15-17,21-23,30H,4,7-14H2,1-3H3,(H,31,33,34)/t17-,21+,22?,23-/m1/s1. The number of halogens is 2. The first kappa shape index (κ1) is 26.5. The Bertz CT molecular complexity index is 988. The van der Waals surface area contributed by atoms with E-state index >= 15 is 4.39 Å². The van der Waals surface area contributed by atoms with E-state index in [4.69, 9.17) is 4.74 Å². The van der Waals surface area contributed by atoms with Gasteiger partial charge in [-0.15, -0.1) is 0 Å². The highest BCUT2D eigenvalue weighted by molar-refractivity contribution is 6.01. The zero-order valence-electron chi connectivity index (χ0n) is 21.3. The lowest BCUT2D eigenvalue weighted by atomic mass is 9.82. The molecule has 1 saturated carbocycles. The Hall–Kier alpha value is -2.55. The molecule has 4 atom stereocenters. The molecular weight excluding hydrogens is 468 g/mol. The van der Waals surface area contributed by atoms with Gasteiger partial charge in [-0.2, -0.15) is 0 Å². The molecule has 2 saturated heterocycles. The molecule has 0 bridgehead atoms. The lowest BCUT2D eigenvalue weighted by Gasteiger charge is -2.42. The van der Waals surface area contributed by atoms with Gasteiger partial charge in [0.25, 0.3) is 0 Å². The van der Waals surface area contributed by atoms with E-state index in [0.717, 1.165) is 12.8 Å². The number of rotatable bonds is 5. The Morgan fingerprint density at radius 2 is 1.83 bits per heavy atom. The van der Waals surface area contributed by atoms with Crippen LogP contribution < -0.4 is 10.6 Å². The monoisotopic (exact) mass is 505 g/mol. The molecule has 2 heterocycles. The molecule has 1 aromatic rings. The molecule has 198 valence electrons. The van der Waals surface area contributed by atoms with E-state index in [1.807, 2.05) is 20.8 Å². The molecule has 3 aliphatic rings. The van der Waals surface area contributed by atoms with Crippen molar-refractivity contribution in [3.05, 3.63) is 29.6 Å². The number of imide groups is 1. The number of hydrogen-bond donors (Lipinski definition) is 2. The molecule has 1 aliphatic carbocycles. The number of carbonyl (C=O) groups excluding carboxylic acids is 3. The molecule has 2 amide bonds. The van der Waals surface area contributed by atoms with Crippen molar-refractivity contribution in [3.63, 3.8) is 0 Å². The molecule has 0 spiro atoms. The molecule has 0 radical (unpaired) electrons. The van der Waals surface area contributed by atoms with Gasteiger partial charge in [-0.1, -0.05) is 6.07 Å². The van der Waals surface area contributed by atoms with Crippen molar-refractivity contribution in [2.24, 2.45) is 5.92 Å². The van der Waals surface area contributed by atoms with Gasteiger partial charge in [0.1, 0.15) is 23.6 Å². The summed E-state index contributed by atoms with van der Waals surface area (Å²) in [6, 6.07) is 4.16. The fourth-order valence-corrected chi connectivity index (χ4v) is 5.63. The highest BCUT2D eigenvalue weighted by Crippen LogP contribution is 2.36. The van der Waals surface area contributed by atoms with Gasteiger partial charge in [0, 0.05) is 18.2 Å². The van der Waals surface area contributed by atoms with Gasteiger partial charge in [-0.3, -0.25) is 24.6 Å². The lowest BCUT2D eigenvalue weighted by Crippen LogP contribution is -2.49. The summed E-state index contributed by atoms with van der Waals surface area (Å²) in [4.78, 5) is 37.8. The number of hydrogen-bond acceptors (Lipinski definition) is 6. The number of anilines is 1. The van der Waals surface area contributed by atoms with Crippen molar-refractivity contribution in [2.45, 2.75) is 95.5 Å². The Labute approximate surface area is 211 Å². The summed E-state index contributed by atoms with van der Waals surface area (Å²) in [5.74, 6) is -1.67. The van der Waals surface area contributed by atoms with Crippen LogP contribution in [-0.2, 0) is 19.1 Å². The number of likely N-dealkylation sites (tertiary alicyclic amines) is 1. The van der Waals surface area contributed by atoms with E-state index in [2.05, 4.69) is 15.5 Å². The van der Waals surface area contributed by atoms with E-state index in [9.17, 15) is 18.8 Å². The van der Waals surface area contributed by atoms with Crippen LogP contribution in [0, 0.1) is 11.7 Å². The third kappa shape index (κ3) is 6.41. The van der Waals surface area contributed by atoms with Crippen molar-refractivity contribution >= 4 is 23.5 Å². The van der Waals surface area contributed by atoms with Crippen LogP contribution in [0.5, 0.6) is 0 Å². The van der Waals surface area contributed by atoms with Crippen LogP contribution in [-0.4, -0.2) is 59.6 Å². The van der Waals surface area contributed by atoms with Crippen molar-refractivity contribution in [3.8, 4) is 0 Å². The van der Waals surface area contributed by atoms with Crippen molar-refractivity contribution in [1.29, 1.82) is 0 Å². The Morgan fingerprint density at radius 1 is 1.11 bits per heavy atom. The molecule has 7 nitrogen and oxygen atoms in total. The van der Waals surface area contributed by atoms with Crippen molar-refractivity contribution in [2.75, 3.05) is 18.4 Å². The Morgan fingerprint density at radius 3 is 2.44 bits per heavy atom. The lowest BCUT2D eigenvalue weighted by molar-refractivity contribution is -0.162. The van der Waals surface area contributed by atoms with Gasteiger partial charge in [0.05, 0.1) is 5.92 Å². The molecule has 1 unspecified atom stereocenters. The number of nitrogens with zero attached hydrogens (tertiary/aromatic N) is 1. The number of esters is 1. The minimum absolute atomic E-state index is 0.0436. The summed E-state index contributed by atoms with van der Waals surface area (Å²) in [6.07, 6.45) is 2.44. The van der Waals surface area contributed by atoms with Crippen LogP contribution in [0.1, 0.15) is 77.2 Å². The number of alkyl halides is 1. The molecule has 9 heteroatoms. The summed E-state index contributed by atoms with van der Waals surface area (Å²) in [5, 5.41) is 5.30. The first-order valence-electron chi connectivity index (χ1n) is 13.0. The summed E-state index contributed by atoms with van der Waals surface area (Å²) in [7, 11) is 0. The minimum Gasteiger partial charge on any atom is -0.460 e. The maximum Gasteiger partial charge on any atom is 0.309 e. The van der Waals surface area contributed by atoms with Gasteiger partial charge in [0.15, 0.2) is 0 Å². The molecular formula is C27H37F2N3O4. The molecule has 2 aliphatic heterocycles. The Kier molecular flexibility index (Phi) is 7.97. The summed E-state index contributed by atoms with van der Waals surface area (Å²) < 4.78 is 35.5. The van der Waals surface area contributed by atoms with Gasteiger partial charge < -0.3 is 10.1 Å². The maximum atomic E-state index is 15.1. The normalized spacial score (nSPS) is 28.5. The van der Waals surface area contributed by atoms with E-state index in [1.165, 1.54) is 6.07 Å². The van der Waals surface area contributed by atoms with Crippen LogP contribution in [0.15, 0.2) is 18.2 Å². The van der Waals surface area contributed by atoms with Crippen molar-refractivity contribution < 1.29 is 27.9 Å². The second kappa shape index (κ2) is 10.8. The average Bonchev–Trinajstić information content (AvgIpc) is 2.80. The highest BCUT2D eigenvalue weighted by Gasteiger charge is 2.40. The number of piperidine rings is 2. The van der Waals surface area contributed by atoms with E-state index in [-0.39, 0.29) is 42.5 Å². The molecule has 4 rings (SSSR count). The number of ether oxygens (including phenoxy) is 1. The van der Waals surface area contributed by atoms with Crippen LogP contribution in [0.25, 0.3) is 0 Å². The van der Waals surface area contributed by atoms with E-state index in [1.54, 1.807) is 12.1 Å². The van der Waals surface area contributed by atoms with Crippen LogP contribution >= 0.6 is 0 Å². The molecule has 0 aromatic heterocycles. The third-order valence-corrected chi connectivity index (χ3v) is 7.50. The first-order valence-corrected chi connectivity index (χ1v) is 13.0. The van der Waals surface area contributed by atoms with Gasteiger partial charge in [-0.25, -0.2) is 8.78 Å². The Balaban J connectivity index is 1.29. The SMILES string of the molecule is CC(C)(C)OC(=O)[C@@H]1CC[C@@H](N2CCC(c3ccc(NC4CCC(=O)NC4=O)cc3F)CC2)[C@@H](F)C1. The molecule has 36 heavy (non-hydrogen) atoms. The summed E-state index contributed by atoms with van der Waals surface area (Å²) >= 11 is 0. The third-order valence-electron chi connectivity index (χ3n) is 7.50. The fourth-order valence-electron chi connectivity index (χ4n) is 5.63. The minimum atomic E-state index is -1.08. The highest BCUT2D eigenvalue weighted by atomic mass is 19.1. The summed E-state index contributed by atoms with van der Waals surface area (Å²) in [5.41, 5.74) is 0.565. The fraction of sp³-hybridized carbons (Fsp3) is 0.667. The number of amides is 2. The largest absolute Gasteiger partial charge is 0.460 e. The van der Waals surface area contributed by atoms with E-state index in [0.29, 0.717) is 43.6 Å². The zero-order valence-corrected chi connectivity index (χ0v) is 21.3. The van der Waals surface area contributed by atoms with Crippen LogP contribution in [0.3, 0.4) is 0 Å². The van der Waals surface area contributed by atoms with Gasteiger partial charge >= 0.3 is 5.97 Å². The average molecular weight is 506 g/mol. The predicted octanol–water partition coefficient (Wildman–Crippen LogP) is 4.07. The second-order valence-electron chi connectivity index (χ2n) is 11.3. The van der Waals surface area contributed by atoms with Gasteiger partial charge in [0.2, 0.25) is 11.8 Å². The molecule has 3 fully saturated rings. The quantitative estimate of drug-likeness (QED) is 0.463. The predicted molar refractivity (Wildman–Crippen MR) is 132 cm³/mol. The van der Waals surface area contributed by atoms with E-state index < -0.39 is 29.6 Å². The molecule has 1 aromatic carbocycles. The molecule has 2 N–H and O–H groups in total. The smallest absolute Gasteiger partial charge is 0.309 e. The maximum absolute atomic E-state index is 15.1. The number of nitrogens with one attached hydrogen (secondary N) is 2. The second-order valence-corrected chi connectivity index (χ2v) is 11.3. The van der Waals surface area contributed by atoms with Crippen LogP contribution in [0.4, 0.5) is 14.5 Å². The number of carbonyl (C=O) groups is 3. The van der Waals surface area contributed by atoms with Gasteiger partial charge in [-0.05, 0) is 96.0 Å².